The molecule has 3 N–H and O–H groups in total. The van der Waals surface area contributed by atoms with Crippen molar-refractivity contribution in [1.82, 2.24) is 14.5 Å². The van der Waals surface area contributed by atoms with Gasteiger partial charge in [-0.15, -0.1) is 0 Å². The highest BCUT2D eigenvalue weighted by atomic mass is 32.1. The summed E-state index contributed by atoms with van der Waals surface area (Å²) in [5.41, 5.74) is 14.1. The van der Waals surface area contributed by atoms with E-state index >= 15 is 0 Å². The van der Waals surface area contributed by atoms with Crippen LogP contribution in [-0.4, -0.2) is 27.0 Å². The number of nitrogens with two attached hydrogens (primary N) is 1. The van der Waals surface area contributed by atoms with Gasteiger partial charge in [0, 0.05) is 42.0 Å². The van der Waals surface area contributed by atoms with Crippen LogP contribution in [0.4, 0.5) is 16.8 Å². The molecule has 4 fully saturated rings. The van der Waals surface area contributed by atoms with Gasteiger partial charge >= 0.3 is 0 Å². The van der Waals surface area contributed by atoms with Crippen molar-refractivity contribution in [2.24, 2.45) is 23.2 Å². The number of hydrogen-bond donors (Lipinski definition) is 2. The fraction of sp³-hybridized carbons (Fsp3) is 0.385. The minimum absolute atomic E-state index is 0.196. The number of thiazole rings is 1. The second-order valence-electron chi connectivity index (χ2n) is 14.5. The van der Waals surface area contributed by atoms with Crippen molar-refractivity contribution in [2.75, 3.05) is 22.5 Å². The number of nitrogen functional groups attached to an aromatic ring is 1. The number of amides is 1. The molecule has 0 saturated heterocycles. The summed E-state index contributed by atoms with van der Waals surface area (Å²) in [7, 11) is 0. The quantitative estimate of drug-likeness (QED) is 0.198. The molecule has 4 heterocycles. The fourth-order valence-electron chi connectivity index (χ4n) is 9.74. The van der Waals surface area contributed by atoms with Crippen molar-refractivity contribution in [3.05, 3.63) is 88.2 Å². The Morgan fingerprint density at radius 3 is 2.50 bits per heavy atom. The highest BCUT2D eigenvalue weighted by Crippen LogP contribution is 2.60. The van der Waals surface area contributed by atoms with Crippen LogP contribution in [0.2, 0.25) is 0 Å². The zero-order chi connectivity index (χ0) is 33.2. The number of nitrogens with zero attached hydrogens (tertiary/aromatic N) is 5. The molecule has 5 aliphatic rings. The molecule has 8 nitrogen and oxygen atoms in total. The lowest BCUT2D eigenvalue weighted by atomic mass is 9.49. The van der Waals surface area contributed by atoms with Crippen molar-refractivity contribution in [1.29, 1.82) is 5.26 Å². The molecule has 0 radical (unpaired) electrons. The number of carbonyl (C=O) groups is 1. The van der Waals surface area contributed by atoms with E-state index in [0.29, 0.717) is 39.9 Å². The van der Waals surface area contributed by atoms with Gasteiger partial charge in [0.25, 0.3) is 5.91 Å². The lowest BCUT2D eigenvalue weighted by Gasteiger charge is -2.57. The summed E-state index contributed by atoms with van der Waals surface area (Å²) in [5.74, 6) is 3.62. The van der Waals surface area contributed by atoms with Crippen LogP contribution < -0.4 is 16.0 Å². The largest absolute Gasteiger partial charge is 0.383 e. The van der Waals surface area contributed by atoms with Gasteiger partial charge in [-0.25, -0.2) is 9.97 Å². The van der Waals surface area contributed by atoms with E-state index < -0.39 is 0 Å². The van der Waals surface area contributed by atoms with Gasteiger partial charge < -0.3 is 15.2 Å². The Kier molecular flexibility index (Phi) is 7.52. The highest BCUT2D eigenvalue weighted by Gasteiger charge is 2.51. The minimum Gasteiger partial charge on any atom is -0.383 e. The van der Waals surface area contributed by atoms with Crippen LogP contribution in [0.15, 0.2) is 49.6 Å². The van der Waals surface area contributed by atoms with Gasteiger partial charge in [0.15, 0.2) is 5.13 Å². The van der Waals surface area contributed by atoms with E-state index in [-0.39, 0.29) is 5.91 Å². The van der Waals surface area contributed by atoms with Crippen LogP contribution in [0.25, 0.3) is 23.3 Å². The summed E-state index contributed by atoms with van der Waals surface area (Å²) >= 11 is 1.38. The number of benzene rings is 1. The van der Waals surface area contributed by atoms with Crippen molar-refractivity contribution < 1.29 is 4.79 Å². The Hall–Kier alpha value is -4.68. The Morgan fingerprint density at radius 1 is 1.10 bits per heavy atom. The molecule has 244 valence electrons. The Bertz CT molecular complexity index is 1950. The van der Waals surface area contributed by atoms with E-state index in [4.69, 9.17) is 10.7 Å². The number of anilines is 3. The van der Waals surface area contributed by atoms with Crippen molar-refractivity contribution in [3.8, 4) is 17.2 Å². The van der Waals surface area contributed by atoms with Crippen LogP contribution in [0.1, 0.15) is 82.0 Å². The lowest BCUT2D eigenvalue weighted by Crippen LogP contribution is -2.48. The van der Waals surface area contributed by atoms with Crippen molar-refractivity contribution >= 4 is 46.2 Å². The van der Waals surface area contributed by atoms with Crippen molar-refractivity contribution in [3.63, 3.8) is 0 Å². The molecule has 4 aliphatic carbocycles. The SMILES string of the molecule is C=Cc1nc(NC(=O)c2cccc3c2CN(c2ccc(-c4cc(C#N)n(CC56CC7CC(CC(C7)C5)C6)c4C)c(N)n2)CC3)sc1C=C. The molecule has 3 aromatic heterocycles. The topological polar surface area (TPSA) is 113 Å². The van der Waals surface area contributed by atoms with Gasteiger partial charge in [0.1, 0.15) is 23.4 Å². The van der Waals surface area contributed by atoms with E-state index in [9.17, 15) is 10.1 Å². The second-order valence-corrected chi connectivity index (χ2v) is 15.5. The number of hydrogen-bond acceptors (Lipinski definition) is 7. The third kappa shape index (κ3) is 5.23. The zero-order valence-electron chi connectivity index (χ0n) is 27.5. The molecule has 1 amide bonds. The fourth-order valence-corrected chi connectivity index (χ4v) is 10.6. The van der Waals surface area contributed by atoms with Gasteiger partial charge in [0.05, 0.1) is 10.6 Å². The van der Waals surface area contributed by atoms with Crippen LogP contribution in [0.5, 0.6) is 0 Å². The maximum absolute atomic E-state index is 13.5. The number of rotatable bonds is 8. The van der Waals surface area contributed by atoms with Crippen LogP contribution in [0, 0.1) is 41.4 Å². The van der Waals surface area contributed by atoms with Gasteiger partial charge in [-0.05, 0) is 123 Å². The summed E-state index contributed by atoms with van der Waals surface area (Å²) in [5, 5.41) is 13.7. The van der Waals surface area contributed by atoms with Gasteiger partial charge in [0.2, 0.25) is 0 Å². The Morgan fingerprint density at radius 2 is 1.85 bits per heavy atom. The highest BCUT2D eigenvalue weighted by molar-refractivity contribution is 7.16. The molecule has 4 saturated carbocycles. The molecule has 9 heteroatoms. The Labute approximate surface area is 286 Å². The molecular weight excluding hydrogens is 615 g/mol. The summed E-state index contributed by atoms with van der Waals surface area (Å²) < 4.78 is 2.27. The molecule has 1 aromatic carbocycles. The first-order valence-corrected chi connectivity index (χ1v) is 17.9. The van der Waals surface area contributed by atoms with E-state index in [1.807, 2.05) is 30.3 Å². The molecule has 0 spiro atoms. The molecule has 4 aromatic rings. The predicted molar refractivity (Wildman–Crippen MR) is 194 cm³/mol. The first-order valence-electron chi connectivity index (χ1n) is 17.1. The van der Waals surface area contributed by atoms with Crippen LogP contribution in [-0.2, 0) is 19.5 Å². The average molecular weight is 656 g/mol. The summed E-state index contributed by atoms with van der Waals surface area (Å²) in [6.45, 7) is 12.0. The summed E-state index contributed by atoms with van der Waals surface area (Å²) in [4.78, 5) is 25.9. The summed E-state index contributed by atoms with van der Waals surface area (Å²) in [6, 6.07) is 14.4. The zero-order valence-corrected chi connectivity index (χ0v) is 28.3. The number of aromatic nitrogens is 3. The number of pyridine rings is 1. The van der Waals surface area contributed by atoms with Gasteiger partial charge in [-0.3, -0.25) is 10.1 Å². The number of carbonyl (C=O) groups excluding carboxylic acids is 1. The molecule has 0 unspecified atom stereocenters. The molecule has 0 atom stereocenters. The van der Waals surface area contributed by atoms with Crippen LogP contribution >= 0.6 is 11.3 Å². The van der Waals surface area contributed by atoms with E-state index in [2.05, 4.69) is 52.0 Å². The first kappa shape index (κ1) is 30.6. The number of fused-ring (bicyclic) bond motifs is 1. The van der Waals surface area contributed by atoms with Crippen molar-refractivity contribution in [2.45, 2.75) is 65.0 Å². The minimum atomic E-state index is -0.196. The maximum Gasteiger partial charge on any atom is 0.257 e. The predicted octanol–water partition coefficient (Wildman–Crippen LogP) is 8.09. The summed E-state index contributed by atoms with van der Waals surface area (Å²) in [6.07, 6.45) is 12.3. The van der Waals surface area contributed by atoms with Crippen LogP contribution in [0.3, 0.4) is 0 Å². The number of nitriles is 1. The molecular formula is C39H41N7OS. The van der Waals surface area contributed by atoms with E-state index in [1.165, 1.54) is 49.9 Å². The average Bonchev–Trinajstić information content (AvgIpc) is 3.62. The van der Waals surface area contributed by atoms with Gasteiger partial charge in [-0.1, -0.05) is 36.6 Å². The molecule has 4 bridgehead atoms. The molecule has 1 aliphatic heterocycles. The first-order chi connectivity index (χ1) is 23.3. The van der Waals surface area contributed by atoms with Gasteiger partial charge in [-0.2, -0.15) is 5.26 Å². The third-order valence-corrected chi connectivity index (χ3v) is 12.4. The smallest absolute Gasteiger partial charge is 0.257 e. The lowest BCUT2D eigenvalue weighted by molar-refractivity contribution is -0.0621. The van der Waals surface area contributed by atoms with E-state index in [0.717, 1.165) is 75.9 Å². The monoisotopic (exact) mass is 655 g/mol. The Balaban J connectivity index is 1.03. The van der Waals surface area contributed by atoms with E-state index in [1.54, 1.807) is 12.2 Å². The number of nitrogens with one attached hydrogen (secondary N) is 1. The molecule has 48 heavy (non-hydrogen) atoms. The standard InChI is InChI=1S/C39H41N7OS/c1-4-33-34(5-2)48-38(42-33)44-37(47)30-8-6-7-27-11-12-45(21-32(27)30)35-10-9-29(36(41)43-35)31-16-28(20-40)46(23(31)3)22-39-17-24-13-25(18-39)15-26(14-24)19-39/h4-10,16,24-26H,1-2,11-15,17-19,21-22H2,3H3,(H2,41,43)(H,42,44,47). The normalized spacial score (nSPS) is 23.8. The molecule has 9 rings (SSSR count). The third-order valence-electron chi connectivity index (χ3n) is 11.5. The second kappa shape index (κ2) is 11.8. The maximum atomic E-state index is 13.5.